The van der Waals surface area contributed by atoms with Crippen LogP contribution in [-0.4, -0.2) is 39.1 Å². The predicted molar refractivity (Wildman–Crippen MR) is 203 cm³/mol. The van der Waals surface area contributed by atoms with Gasteiger partial charge in [-0.15, -0.1) is 0 Å². The molecule has 0 atom stereocenters. The second-order valence-electron chi connectivity index (χ2n) is 12.0. The van der Waals surface area contributed by atoms with Crippen LogP contribution in [0.4, 0.5) is 4.79 Å². The highest BCUT2D eigenvalue weighted by Gasteiger charge is 2.20. The Kier molecular flexibility index (Phi) is 17.7. The van der Waals surface area contributed by atoms with Crippen molar-refractivity contribution in [3.63, 3.8) is 0 Å². The third-order valence-corrected chi connectivity index (χ3v) is 7.92. The third-order valence-electron chi connectivity index (χ3n) is 7.81. The van der Waals surface area contributed by atoms with Gasteiger partial charge >= 0.3 is 5.43 Å². The molecule has 0 aliphatic heterocycles. The van der Waals surface area contributed by atoms with Crippen LogP contribution in [0.25, 0.3) is 0 Å². The van der Waals surface area contributed by atoms with Crippen LogP contribution in [0.5, 0.6) is 0 Å². The van der Waals surface area contributed by atoms with Crippen LogP contribution >= 0.6 is 11.6 Å². The molecule has 0 fully saturated rings. The van der Waals surface area contributed by atoms with Crippen LogP contribution in [0.15, 0.2) is 103 Å². The number of nitrogens with zero attached hydrogens (tertiary/aromatic N) is 2. The van der Waals surface area contributed by atoms with Gasteiger partial charge in [-0.1, -0.05) is 92.7 Å². The second kappa shape index (κ2) is 22.4. The molecular formula is C40H47ClN6O6. The standard InChI is InChI=1S/C32H40N6O4.C8H7ClO2/c1-3-5-29(39)37(21-25-11-7-23(19-33)8-12-25)35-31(41)27-15-17-28(18-16-27)32(42)36-38(30(40)6-4-2)22-26-13-9-24(20-34)10-14-26;9-8(10)11-6-7-4-2-1-3-5-7/h7-18H,3-6,19-22,33-34H2,1-2H3,(H,35,41)(H,36,42);1-5H,6H2. The van der Waals surface area contributed by atoms with E-state index in [1.165, 1.54) is 34.3 Å². The maximum absolute atomic E-state index is 13.0. The van der Waals surface area contributed by atoms with E-state index in [2.05, 4.69) is 15.6 Å². The number of ether oxygens (including phenoxy) is 1. The minimum atomic E-state index is -0.770. The summed E-state index contributed by atoms with van der Waals surface area (Å²) < 4.78 is 4.55. The molecule has 0 radical (unpaired) electrons. The number of nitrogens with two attached hydrogens (primary N) is 2. The average molecular weight is 743 g/mol. The number of nitrogens with one attached hydrogen (secondary N) is 2. The van der Waals surface area contributed by atoms with Crippen molar-refractivity contribution in [3.8, 4) is 0 Å². The summed E-state index contributed by atoms with van der Waals surface area (Å²) in [4.78, 5) is 61.7. The summed E-state index contributed by atoms with van der Waals surface area (Å²) in [6.45, 7) is 5.26. The van der Waals surface area contributed by atoms with E-state index in [1.54, 1.807) is 0 Å². The van der Waals surface area contributed by atoms with E-state index in [-0.39, 0.29) is 55.5 Å². The van der Waals surface area contributed by atoms with Crippen LogP contribution in [0.2, 0.25) is 0 Å². The number of amides is 4. The molecule has 53 heavy (non-hydrogen) atoms. The highest BCUT2D eigenvalue weighted by atomic mass is 35.5. The molecule has 0 spiro atoms. The Morgan fingerprint density at radius 3 is 1.28 bits per heavy atom. The second-order valence-corrected chi connectivity index (χ2v) is 12.3. The molecule has 4 aromatic rings. The first-order chi connectivity index (χ1) is 25.6. The lowest BCUT2D eigenvalue weighted by molar-refractivity contribution is -0.135. The lowest BCUT2D eigenvalue weighted by atomic mass is 10.1. The van der Waals surface area contributed by atoms with Crippen molar-refractivity contribution in [2.24, 2.45) is 11.5 Å². The molecule has 0 saturated carbocycles. The number of carbonyl (C=O) groups excluding carboxylic acids is 5. The van der Waals surface area contributed by atoms with Gasteiger partial charge in [0.1, 0.15) is 6.61 Å². The lowest BCUT2D eigenvalue weighted by Gasteiger charge is -2.24. The first kappa shape index (κ1) is 41.9. The summed E-state index contributed by atoms with van der Waals surface area (Å²) in [5.41, 5.74) is 21.1. The van der Waals surface area contributed by atoms with Gasteiger partial charge in [0, 0.05) is 48.7 Å². The molecule has 4 amide bonds. The van der Waals surface area contributed by atoms with E-state index in [1.807, 2.05) is 92.7 Å². The maximum Gasteiger partial charge on any atom is 0.404 e. The van der Waals surface area contributed by atoms with Crippen molar-refractivity contribution in [2.75, 3.05) is 0 Å². The van der Waals surface area contributed by atoms with E-state index in [9.17, 15) is 24.0 Å². The van der Waals surface area contributed by atoms with Crippen molar-refractivity contribution >= 4 is 40.7 Å². The van der Waals surface area contributed by atoms with Gasteiger partial charge in [0.05, 0.1) is 13.1 Å². The Morgan fingerprint density at radius 2 is 0.943 bits per heavy atom. The van der Waals surface area contributed by atoms with Crippen molar-refractivity contribution in [1.82, 2.24) is 20.9 Å². The number of hydrogen-bond donors (Lipinski definition) is 4. The molecular weight excluding hydrogens is 696 g/mol. The topological polar surface area (TPSA) is 177 Å². The van der Waals surface area contributed by atoms with Crippen LogP contribution in [0.1, 0.15) is 88.1 Å². The molecule has 13 heteroatoms. The first-order valence-corrected chi connectivity index (χ1v) is 17.7. The zero-order chi connectivity index (χ0) is 38.6. The molecule has 4 aromatic carbocycles. The van der Waals surface area contributed by atoms with Gasteiger partial charge in [0.2, 0.25) is 11.8 Å². The number of benzene rings is 4. The van der Waals surface area contributed by atoms with Gasteiger partial charge in [-0.05, 0) is 64.9 Å². The Morgan fingerprint density at radius 1 is 0.566 bits per heavy atom. The lowest BCUT2D eigenvalue weighted by Crippen LogP contribution is -2.46. The maximum atomic E-state index is 13.0. The van der Waals surface area contributed by atoms with E-state index in [4.69, 9.17) is 23.1 Å². The average Bonchev–Trinajstić information content (AvgIpc) is 3.18. The molecule has 0 aliphatic carbocycles. The normalized spacial score (nSPS) is 10.3. The number of halogens is 1. The van der Waals surface area contributed by atoms with Crippen LogP contribution in [0.3, 0.4) is 0 Å². The van der Waals surface area contributed by atoms with Crippen molar-refractivity contribution < 1.29 is 28.7 Å². The molecule has 280 valence electrons. The van der Waals surface area contributed by atoms with E-state index < -0.39 is 17.2 Å². The summed E-state index contributed by atoms with van der Waals surface area (Å²) in [5.74, 6) is -1.38. The molecule has 4 rings (SSSR count). The van der Waals surface area contributed by atoms with Gasteiger partial charge in [-0.25, -0.2) is 14.8 Å². The fourth-order valence-electron chi connectivity index (χ4n) is 4.87. The summed E-state index contributed by atoms with van der Waals surface area (Å²) in [6.07, 6.45) is 1.84. The van der Waals surface area contributed by atoms with E-state index in [0.29, 0.717) is 25.9 Å². The quantitative estimate of drug-likeness (QED) is 0.0883. The molecule has 0 aliphatic rings. The Labute approximate surface area is 315 Å². The zero-order valence-electron chi connectivity index (χ0n) is 30.1. The van der Waals surface area contributed by atoms with Crippen molar-refractivity contribution in [3.05, 3.63) is 142 Å². The highest BCUT2D eigenvalue weighted by Crippen LogP contribution is 2.12. The summed E-state index contributed by atoms with van der Waals surface area (Å²) in [7, 11) is 0. The summed E-state index contributed by atoms with van der Waals surface area (Å²) in [5, 5.41) is 2.61. The smallest absolute Gasteiger partial charge is 0.404 e. The largest absolute Gasteiger partial charge is 0.449 e. The molecule has 12 nitrogen and oxygen atoms in total. The summed E-state index contributed by atoms with van der Waals surface area (Å²) >= 11 is 4.97. The molecule has 0 saturated heterocycles. The predicted octanol–water partition coefficient (Wildman–Crippen LogP) is 6.11. The van der Waals surface area contributed by atoms with Crippen LogP contribution < -0.4 is 22.3 Å². The minimum absolute atomic E-state index is 0.201. The van der Waals surface area contributed by atoms with E-state index in [0.717, 1.165) is 27.8 Å². The molecule has 0 aromatic heterocycles. The minimum Gasteiger partial charge on any atom is -0.449 e. The van der Waals surface area contributed by atoms with Crippen LogP contribution in [-0.2, 0) is 47.1 Å². The van der Waals surface area contributed by atoms with Crippen molar-refractivity contribution in [1.29, 1.82) is 0 Å². The molecule has 6 N–H and O–H groups in total. The Bertz CT molecular complexity index is 1670. The van der Waals surface area contributed by atoms with Crippen LogP contribution in [0, 0.1) is 0 Å². The van der Waals surface area contributed by atoms with E-state index >= 15 is 0 Å². The summed E-state index contributed by atoms with van der Waals surface area (Å²) in [6, 6.07) is 30.4. The van der Waals surface area contributed by atoms with Gasteiger partial charge in [0.15, 0.2) is 0 Å². The Hall–Kier alpha value is -5.56. The zero-order valence-corrected chi connectivity index (χ0v) is 30.8. The van der Waals surface area contributed by atoms with Gasteiger partial charge in [-0.2, -0.15) is 0 Å². The fraction of sp³-hybridized carbons (Fsp3) is 0.275. The number of hydrogen-bond acceptors (Lipinski definition) is 8. The Balaban J connectivity index is 0.000000586. The van der Waals surface area contributed by atoms with Crippen molar-refractivity contribution in [2.45, 2.75) is 72.3 Å². The fourth-order valence-corrected chi connectivity index (χ4v) is 4.92. The molecule has 0 heterocycles. The van der Waals surface area contributed by atoms with Gasteiger partial charge < -0.3 is 16.2 Å². The molecule has 0 unspecified atom stereocenters. The highest BCUT2D eigenvalue weighted by molar-refractivity contribution is 6.61. The number of carbonyl (C=O) groups is 5. The van der Waals surface area contributed by atoms with Gasteiger partial charge in [0.25, 0.3) is 11.8 Å². The number of rotatable bonds is 14. The first-order valence-electron chi connectivity index (χ1n) is 17.3. The number of hydrazine groups is 2. The molecule has 0 bridgehead atoms. The monoisotopic (exact) mass is 742 g/mol. The third kappa shape index (κ3) is 14.5. The SMILES string of the molecule is CCCC(=O)N(Cc1ccc(CN)cc1)NC(=O)c1ccc(C(=O)NN(Cc2ccc(CN)cc2)C(=O)CCC)cc1.O=C(Cl)OCc1ccccc1. The van der Waals surface area contributed by atoms with Gasteiger partial charge in [-0.3, -0.25) is 30.0 Å².